The number of halogens is 1. The second kappa shape index (κ2) is 5.05. The van der Waals surface area contributed by atoms with Gasteiger partial charge in [0.2, 0.25) is 0 Å². The molecule has 0 fully saturated rings. The highest BCUT2D eigenvalue weighted by Gasteiger charge is 2.04. The molecule has 0 radical (unpaired) electrons. The molecular formula is C11H10FN3S. The lowest BCUT2D eigenvalue weighted by atomic mass is 10.3. The van der Waals surface area contributed by atoms with Gasteiger partial charge in [0.15, 0.2) is 0 Å². The Morgan fingerprint density at radius 3 is 2.62 bits per heavy atom. The van der Waals surface area contributed by atoms with Crippen LogP contribution < -0.4 is 5.73 Å². The highest BCUT2D eigenvalue weighted by Crippen LogP contribution is 2.27. The maximum atomic E-state index is 13.3. The molecule has 0 saturated carbocycles. The van der Waals surface area contributed by atoms with Crippen molar-refractivity contribution in [3.8, 4) is 0 Å². The van der Waals surface area contributed by atoms with Gasteiger partial charge in [0.25, 0.3) is 0 Å². The van der Waals surface area contributed by atoms with E-state index in [-0.39, 0.29) is 5.82 Å². The van der Waals surface area contributed by atoms with Crippen molar-refractivity contribution in [1.29, 1.82) is 0 Å². The Bertz CT molecular complexity index is 473. The van der Waals surface area contributed by atoms with Gasteiger partial charge >= 0.3 is 0 Å². The van der Waals surface area contributed by atoms with Crippen LogP contribution in [-0.2, 0) is 6.54 Å². The molecule has 0 aliphatic carbocycles. The third-order valence-electron chi connectivity index (χ3n) is 1.94. The summed E-state index contributed by atoms with van der Waals surface area (Å²) in [5, 5.41) is 0.655. The number of aromatic nitrogens is 2. The van der Waals surface area contributed by atoms with E-state index in [0.717, 1.165) is 5.69 Å². The molecule has 1 aromatic heterocycles. The van der Waals surface area contributed by atoms with Gasteiger partial charge < -0.3 is 5.73 Å². The minimum Gasteiger partial charge on any atom is -0.325 e. The second-order valence-electron chi connectivity index (χ2n) is 3.08. The van der Waals surface area contributed by atoms with Crippen LogP contribution in [0.2, 0.25) is 0 Å². The fourth-order valence-electron chi connectivity index (χ4n) is 1.14. The topological polar surface area (TPSA) is 51.8 Å². The SMILES string of the molecule is NCc1cnc(Sc2ccccc2F)cn1. The van der Waals surface area contributed by atoms with Gasteiger partial charge in [-0.25, -0.2) is 9.37 Å². The molecule has 5 heteroatoms. The van der Waals surface area contributed by atoms with Crippen LogP contribution in [0.25, 0.3) is 0 Å². The smallest absolute Gasteiger partial charge is 0.137 e. The van der Waals surface area contributed by atoms with Crippen LogP contribution in [-0.4, -0.2) is 9.97 Å². The van der Waals surface area contributed by atoms with Crippen molar-refractivity contribution in [3.05, 3.63) is 48.2 Å². The standard InChI is InChI=1S/C11H10FN3S/c12-9-3-1-2-4-10(9)16-11-7-14-8(5-13)6-15-11/h1-4,6-7H,5,13H2. The molecule has 0 bridgehead atoms. The first-order chi connectivity index (χ1) is 7.79. The molecule has 0 saturated heterocycles. The van der Waals surface area contributed by atoms with E-state index in [1.54, 1.807) is 30.6 Å². The Kier molecular flexibility index (Phi) is 3.48. The van der Waals surface area contributed by atoms with Crippen molar-refractivity contribution >= 4 is 11.8 Å². The van der Waals surface area contributed by atoms with Crippen molar-refractivity contribution in [2.45, 2.75) is 16.5 Å². The predicted molar refractivity (Wildman–Crippen MR) is 60.4 cm³/mol. The van der Waals surface area contributed by atoms with Crippen molar-refractivity contribution < 1.29 is 4.39 Å². The van der Waals surface area contributed by atoms with Gasteiger partial charge in [-0.05, 0) is 12.1 Å². The maximum absolute atomic E-state index is 13.3. The summed E-state index contributed by atoms with van der Waals surface area (Å²) in [6.07, 6.45) is 3.20. The minimum absolute atomic E-state index is 0.253. The van der Waals surface area contributed by atoms with E-state index in [1.807, 2.05) is 0 Å². The molecule has 1 aromatic carbocycles. The van der Waals surface area contributed by atoms with Crippen LogP contribution in [0.5, 0.6) is 0 Å². The fourth-order valence-corrected chi connectivity index (χ4v) is 1.89. The first-order valence-corrected chi connectivity index (χ1v) is 5.54. The van der Waals surface area contributed by atoms with E-state index < -0.39 is 0 Å². The normalized spacial score (nSPS) is 10.4. The minimum atomic E-state index is -0.253. The van der Waals surface area contributed by atoms with E-state index >= 15 is 0 Å². The number of benzene rings is 1. The van der Waals surface area contributed by atoms with E-state index in [9.17, 15) is 4.39 Å². The van der Waals surface area contributed by atoms with Gasteiger partial charge in [-0.3, -0.25) is 4.98 Å². The second-order valence-corrected chi connectivity index (χ2v) is 4.14. The summed E-state index contributed by atoms with van der Waals surface area (Å²) < 4.78 is 13.3. The van der Waals surface area contributed by atoms with Gasteiger partial charge in [-0.1, -0.05) is 23.9 Å². The number of hydrogen-bond acceptors (Lipinski definition) is 4. The van der Waals surface area contributed by atoms with Crippen molar-refractivity contribution in [2.24, 2.45) is 5.73 Å². The summed E-state index contributed by atoms with van der Waals surface area (Å²) in [4.78, 5) is 8.77. The van der Waals surface area contributed by atoms with E-state index in [4.69, 9.17) is 5.73 Å². The van der Waals surface area contributed by atoms with Crippen LogP contribution >= 0.6 is 11.8 Å². The molecule has 16 heavy (non-hydrogen) atoms. The molecule has 2 aromatic rings. The lowest BCUT2D eigenvalue weighted by molar-refractivity contribution is 0.602. The van der Waals surface area contributed by atoms with E-state index in [0.29, 0.717) is 16.5 Å². The number of nitrogens with zero attached hydrogens (tertiary/aromatic N) is 2. The average Bonchev–Trinajstić information content (AvgIpc) is 2.33. The third kappa shape index (κ3) is 2.56. The summed E-state index contributed by atoms with van der Waals surface area (Å²) in [6.45, 7) is 0.359. The first kappa shape index (κ1) is 11.0. The molecule has 3 nitrogen and oxygen atoms in total. The highest BCUT2D eigenvalue weighted by atomic mass is 32.2. The summed E-state index contributed by atoms with van der Waals surface area (Å²) >= 11 is 1.24. The van der Waals surface area contributed by atoms with Gasteiger partial charge in [0.05, 0.1) is 18.1 Å². The number of nitrogens with two attached hydrogens (primary N) is 1. The van der Waals surface area contributed by atoms with Gasteiger partial charge in [-0.15, -0.1) is 0 Å². The molecule has 0 unspecified atom stereocenters. The average molecular weight is 235 g/mol. The molecule has 0 amide bonds. The Balaban J connectivity index is 2.18. The zero-order valence-electron chi connectivity index (χ0n) is 8.43. The monoisotopic (exact) mass is 235 g/mol. The molecule has 82 valence electrons. The number of rotatable bonds is 3. The fraction of sp³-hybridized carbons (Fsp3) is 0.0909. The summed E-state index contributed by atoms with van der Waals surface area (Å²) in [7, 11) is 0. The molecule has 0 aliphatic heterocycles. The van der Waals surface area contributed by atoms with Crippen LogP contribution in [0.4, 0.5) is 4.39 Å². The molecule has 0 aliphatic rings. The number of hydrogen-bond donors (Lipinski definition) is 1. The molecule has 0 spiro atoms. The quantitative estimate of drug-likeness (QED) is 0.886. The van der Waals surface area contributed by atoms with Crippen LogP contribution in [0, 0.1) is 5.82 Å². The Hall–Kier alpha value is -1.46. The highest BCUT2D eigenvalue weighted by molar-refractivity contribution is 7.99. The molecule has 2 N–H and O–H groups in total. The van der Waals surface area contributed by atoms with E-state index in [2.05, 4.69) is 9.97 Å². The van der Waals surface area contributed by atoms with E-state index in [1.165, 1.54) is 17.8 Å². The van der Waals surface area contributed by atoms with Gasteiger partial charge in [0, 0.05) is 11.4 Å². The summed E-state index contributed by atoms with van der Waals surface area (Å²) in [6, 6.07) is 6.57. The Morgan fingerprint density at radius 1 is 1.19 bits per heavy atom. The van der Waals surface area contributed by atoms with Crippen LogP contribution in [0.1, 0.15) is 5.69 Å². The van der Waals surface area contributed by atoms with Gasteiger partial charge in [0.1, 0.15) is 10.8 Å². The zero-order chi connectivity index (χ0) is 11.4. The van der Waals surface area contributed by atoms with Crippen LogP contribution in [0.15, 0.2) is 46.6 Å². The largest absolute Gasteiger partial charge is 0.325 e. The predicted octanol–water partition coefficient (Wildman–Crippen LogP) is 2.23. The van der Waals surface area contributed by atoms with Crippen molar-refractivity contribution in [1.82, 2.24) is 9.97 Å². The Morgan fingerprint density at radius 2 is 2.00 bits per heavy atom. The molecular weight excluding hydrogens is 225 g/mol. The summed E-state index contributed by atoms with van der Waals surface area (Å²) in [5.74, 6) is -0.253. The maximum Gasteiger partial charge on any atom is 0.137 e. The first-order valence-electron chi connectivity index (χ1n) is 4.73. The van der Waals surface area contributed by atoms with Crippen LogP contribution in [0.3, 0.4) is 0 Å². The molecule has 0 atom stereocenters. The summed E-state index contributed by atoms with van der Waals surface area (Å²) in [5.41, 5.74) is 6.13. The van der Waals surface area contributed by atoms with Crippen molar-refractivity contribution in [3.63, 3.8) is 0 Å². The Labute approximate surface area is 96.9 Å². The molecule has 2 rings (SSSR count). The zero-order valence-corrected chi connectivity index (χ0v) is 9.25. The van der Waals surface area contributed by atoms with Crippen molar-refractivity contribution in [2.75, 3.05) is 0 Å². The lowest BCUT2D eigenvalue weighted by Gasteiger charge is -2.02. The van der Waals surface area contributed by atoms with Gasteiger partial charge in [-0.2, -0.15) is 0 Å². The molecule has 1 heterocycles. The third-order valence-corrected chi connectivity index (χ3v) is 2.91. The lowest BCUT2D eigenvalue weighted by Crippen LogP contribution is -2.00.